The van der Waals surface area contributed by atoms with Gasteiger partial charge in [-0.05, 0) is 30.5 Å². The van der Waals surface area contributed by atoms with Crippen molar-refractivity contribution in [1.82, 2.24) is 14.8 Å². The summed E-state index contributed by atoms with van der Waals surface area (Å²) in [6, 6.07) is 14.3. The lowest BCUT2D eigenvalue weighted by Crippen LogP contribution is -2.48. The van der Waals surface area contributed by atoms with Crippen LogP contribution in [0, 0.1) is 0 Å². The Morgan fingerprint density at radius 3 is 2.46 bits per heavy atom. The first-order valence-electron chi connectivity index (χ1n) is 10.2. The number of benzene rings is 1. The maximum atomic E-state index is 12.9. The minimum absolute atomic E-state index is 0.0560. The van der Waals surface area contributed by atoms with Gasteiger partial charge in [0.15, 0.2) is 0 Å². The number of amides is 1. The van der Waals surface area contributed by atoms with Gasteiger partial charge in [-0.3, -0.25) is 14.7 Å². The molecule has 0 atom stereocenters. The van der Waals surface area contributed by atoms with E-state index < -0.39 is 0 Å². The summed E-state index contributed by atoms with van der Waals surface area (Å²) in [5, 5.41) is 0. The van der Waals surface area contributed by atoms with Gasteiger partial charge in [0, 0.05) is 57.7 Å². The Bertz CT molecular complexity index is 806. The molecule has 0 bridgehead atoms. The van der Waals surface area contributed by atoms with Crippen LogP contribution in [0.25, 0.3) is 6.08 Å². The van der Waals surface area contributed by atoms with Gasteiger partial charge in [-0.25, -0.2) is 0 Å². The Balaban J connectivity index is 1.29. The Labute approximate surface area is 167 Å². The summed E-state index contributed by atoms with van der Waals surface area (Å²) in [4.78, 5) is 23.9. The van der Waals surface area contributed by atoms with Crippen LogP contribution in [0.15, 0.2) is 54.7 Å². The van der Waals surface area contributed by atoms with Crippen molar-refractivity contribution in [2.75, 3.05) is 50.7 Å². The van der Waals surface area contributed by atoms with E-state index in [4.69, 9.17) is 0 Å². The van der Waals surface area contributed by atoms with Gasteiger partial charge >= 0.3 is 0 Å². The van der Waals surface area contributed by atoms with Gasteiger partial charge in [-0.1, -0.05) is 42.5 Å². The SMILES string of the molecule is O=C(c1cc(N2CCCC2)ccn1)N1CCN(C/C=C/c2ccccc2)CC1. The molecular weight excluding hydrogens is 348 g/mol. The number of pyridine rings is 1. The Hall–Kier alpha value is -2.66. The molecule has 1 aromatic heterocycles. The van der Waals surface area contributed by atoms with Crippen LogP contribution >= 0.6 is 0 Å². The highest BCUT2D eigenvalue weighted by atomic mass is 16.2. The number of nitrogens with zero attached hydrogens (tertiary/aromatic N) is 4. The number of aromatic nitrogens is 1. The zero-order chi connectivity index (χ0) is 19.2. The number of rotatable bonds is 5. The van der Waals surface area contributed by atoms with Crippen molar-refractivity contribution in [3.05, 3.63) is 66.0 Å². The van der Waals surface area contributed by atoms with Crippen molar-refractivity contribution in [3.63, 3.8) is 0 Å². The lowest BCUT2D eigenvalue weighted by Gasteiger charge is -2.34. The minimum Gasteiger partial charge on any atom is -0.371 e. The molecule has 2 aromatic rings. The summed E-state index contributed by atoms with van der Waals surface area (Å²) in [5.74, 6) is 0.0560. The minimum atomic E-state index is 0.0560. The van der Waals surface area contributed by atoms with Crippen LogP contribution in [0.4, 0.5) is 5.69 Å². The van der Waals surface area contributed by atoms with E-state index in [1.807, 2.05) is 23.1 Å². The molecule has 1 aromatic carbocycles. The second-order valence-corrected chi connectivity index (χ2v) is 7.50. The maximum absolute atomic E-state index is 12.9. The first-order valence-corrected chi connectivity index (χ1v) is 10.2. The molecule has 0 N–H and O–H groups in total. The summed E-state index contributed by atoms with van der Waals surface area (Å²) in [6.07, 6.45) is 8.59. The van der Waals surface area contributed by atoms with E-state index in [0.717, 1.165) is 51.5 Å². The van der Waals surface area contributed by atoms with Crippen molar-refractivity contribution in [3.8, 4) is 0 Å². The second kappa shape index (κ2) is 9.02. The topological polar surface area (TPSA) is 39.7 Å². The van der Waals surface area contributed by atoms with E-state index in [1.54, 1.807) is 6.20 Å². The average Bonchev–Trinajstić information content (AvgIpc) is 3.30. The molecule has 2 saturated heterocycles. The predicted octanol–water partition coefficient (Wildman–Crippen LogP) is 3.15. The molecule has 0 unspecified atom stereocenters. The van der Waals surface area contributed by atoms with Crippen molar-refractivity contribution >= 4 is 17.7 Å². The Morgan fingerprint density at radius 1 is 0.964 bits per heavy atom. The van der Waals surface area contributed by atoms with Crippen LogP contribution in [0.5, 0.6) is 0 Å². The molecule has 2 aliphatic heterocycles. The normalized spacial score (nSPS) is 18.1. The standard InChI is InChI=1S/C23H28N4O/c28-23(22-19-21(10-11-24-22)26-13-4-5-14-26)27-17-15-25(16-18-27)12-6-9-20-7-2-1-3-8-20/h1-3,6-11,19H,4-5,12-18H2/b9-6+. The Kier molecular flexibility index (Phi) is 6.02. The Morgan fingerprint density at radius 2 is 1.71 bits per heavy atom. The van der Waals surface area contributed by atoms with Crippen LogP contribution in [0.2, 0.25) is 0 Å². The summed E-state index contributed by atoms with van der Waals surface area (Å²) in [6.45, 7) is 6.38. The third-order valence-corrected chi connectivity index (χ3v) is 5.57. The molecule has 5 heteroatoms. The largest absolute Gasteiger partial charge is 0.371 e. The highest BCUT2D eigenvalue weighted by molar-refractivity contribution is 5.93. The summed E-state index contributed by atoms with van der Waals surface area (Å²) >= 11 is 0. The van der Waals surface area contributed by atoms with Gasteiger partial charge < -0.3 is 9.80 Å². The van der Waals surface area contributed by atoms with Crippen molar-refractivity contribution < 1.29 is 4.79 Å². The number of anilines is 1. The van der Waals surface area contributed by atoms with Crippen LogP contribution in [-0.4, -0.2) is 66.5 Å². The summed E-state index contributed by atoms with van der Waals surface area (Å²) in [5.41, 5.74) is 2.92. The van der Waals surface area contributed by atoms with Gasteiger partial charge in [0.1, 0.15) is 5.69 Å². The zero-order valence-corrected chi connectivity index (χ0v) is 16.3. The third-order valence-electron chi connectivity index (χ3n) is 5.57. The van der Waals surface area contributed by atoms with Gasteiger partial charge in [0.05, 0.1) is 0 Å². The van der Waals surface area contributed by atoms with Crippen LogP contribution in [0.1, 0.15) is 28.9 Å². The van der Waals surface area contributed by atoms with Gasteiger partial charge in [0.2, 0.25) is 0 Å². The molecule has 0 aliphatic carbocycles. The summed E-state index contributed by atoms with van der Waals surface area (Å²) < 4.78 is 0. The smallest absolute Gasteiger partial charge is 0.272 e. The quantitative estimate of drug-likeness (QED) is 0.804. The third kappa shape index (κ3) is 4.60. The molecular formula is C23H28N4O. The van der Waals surface area contributed by atoms with Crippen molar-refractivity contribution in [1.29, 1.82) is 0 Å². The van der Waals surface area contributed by atoms with Gasteiger partial charge in [-0.15, -0.1) is 0 Å². The van der Waals surface area contributed by atoms with Crippen molar-refractivity contribution in [2.24, 2.45) is 0 Å². The molecule has 0 saturated carbocycles. The second-order valence-electron chi connectivity index (χ2n) is 7.50. The first kappa shape index (κ1) is 18.7. The van der Waals surface area contributed by atoms with Gasteiger partial charge in [-0.2, -0.15) is 0 Å². The lowest BCUT2D eigenvalue weighted by atomic mass is 10.2. The van der Waals surface area contributed by atoms with E-state index >= 15 is 0 Å². The molecule has 5 nitrogen and oxygen atoms in total. The van der Waals surface area contributed by atoms with Crippen LogP contribution < -0.4 is 4.90 Å². The molecule has 1 amide bonds. The van der Waals surface area contributed by atoms with E-state index in [9.17, 15) is 4.79 Å². The molecule has 2 fully saturated rings. The number of carbonyl (C=O) groups excluding carboxylic acids is 1. The van der Waals surface area contributed by atoms with E-state index in [1.165, 1.54) is 18.4 Å². The highest BCUT2D eigenvalue weighted by Crippen LogP contribution is 2.21. The van der Waals surface area contributed by atoms with E-state index in [-0.39, 0.29) is 5.91 Å². The summed E-state index contributed by atoms with van der Waals surface area (Å²) in [7, 11) is 0. The van der Waals surface area contributed by atoms with E-state index in [0.29, 0.717) is 5.69 Å². The van der Waals surface area contributed by atoms with Crippen molar-refractivity contribution in [2.45, 2.75) is 12.8 Å². The number of hydrogen-bond acceptors (Lipinski definition) is 4. The number of piperazine rings is 1. The zero-order valence-electron chi connectivity index (χ0n) is 16.3. The molecule has 28 heavy (non-hydrogen) atoms. The monoisotopic (exact) mass is 376 g/mol. The average molecular weight is 377 g/mol. The number of hydrogen-bond donors (Lipinski definition) is 0. The van der Waals surface area contributed by atoms with Gasteiger partial charge in [0.25, 0.3) is 5.91 Å². The fraction of sp³-hybridized carbons (Fsp3) is 0.391. The fourth-order valence-corrected chi connectivity index (χ4v) is 3.91. The molecule has 4 rings (SSSR count). The van der Waals surface area contributed by atoms with E-state index in [2.05, 4.69) is 51.2 Å². The first-order chi connectivity index (χ1) is 13.8. The maximum Gasteiger partial charge on any atom is 0.272 e. The fourth-order valence-electron chi connectivity index (χ4n) is 3.91. The highest BCUT2D eigenvalue weighted by Gasteiger charge is 2.23. The van der Waals surface area contributed by atoms with Crippen LogP contribution in [0.3, 0.4) is 0 Å². The lowest BCUT2D eigenvalue weighted by molar-refractivity contribution is 0.0644. The predicted molar refractivity (Wildman–Crippen MR) is 114 cm³/mol. The molecule has 0 radical (unpaired) electrons. The molecule has 3 heterocycles. The molecule has 146 valence electrons. The molecule has 0 spiro atoms. The molecule has 2 aliphatic rings. The van der Waals surface area contributed by atoms with Crippen LogP contribution in [-0.2, 0) is 0 Å². The number of carbonyl (C=O) groups is 1.